The quantitative estimate of drug-likeness (QED) is 0.329. The first-order valence-electron chi connectivity index (χ1n) is 10.6. The number of ether oxygens (including phenoxy) is 3. The summed E-state index contributed by atoms with van der Waals surface area (Å²) in [7, 11) is 3.49. The first-order chi connectivity index (χ1) is 13.3. The van der Waals surface area contributed by atoms with Crippen molar-refractivity contribution in [1.82, 2.24) is 15.1 Å². The maximum Gasteiger partial charge on any atom is 0.193 e. The number of guanidine groups is 1. The van der Waals surface area contributed by atoms with Gasteiger partial charge in [-0.05, 0) is 45.2 Å². The summed E-state index contributed by atoms with van der Waals surface area (Å²) in [6, 6.07) is 0. The van der Waals surface area contributed by atoms with E-state index in [4.69, 9.17) is 19.2 Å². The van der Waals surface area contributed by atoms with Crippen LogP contribution in [0.15, 0.2) is 4.99 Å². The minimum atomic E-state index is 0.592. The Morgan fingerprint density at radius 2 is 1.74 bits per heavy atom. The molecule has 1 N–H and O–H groups in total. The first-order valence-corrected chi connectivity index (χ1v) is 10.6. The second-order valence-corrected chi connectivity index (χ2v) is 7.64. The van der Waals surface area contributed by atoms with Gasteiger partial charge in [0, 0.05) is 52.9 Å². The molecule has 7 heteroatoms. The number of nitrogens with one attached hydrogen (secondary N) is 1. The van der Waals surface area contributed by atoms with Gasteiger partial charge in [-0.25, -0.2) is 0 Å². The fourth-order valence-electron chi connectivity index (χ4n) is 3.81. The summed E-state index contributed by atoms with van der Waals surface area (Å²) in [6.07, 6.45) is 3.65. The third-order valence-corrected chi connectivity index (χ3v) is 5.52. The average molecular weight is 385 g/mol. The summed E-state index contributed by atoms with van der Waals surface area (Å²) in [6.45, 7) is 12.5. The average Bonchev–Trinajstić information content (AvgIpc) is 3.16. The van der Waals surface area contributed by atoms with Gasteiger partial charge in [0.1, 0.15) is 0 Å². The Labute approximate surface area is 165 Å². The smallest absolute Gasteiger partial charge is 0.193 e. The Kier molecular flexibility index (Phi) is 11.0. The zero-order valence-corrected chi connectivity index (χ0v) is 17.6. The summed E-state index contributed by atoms with van der Waals surface area (Å²) < 4.78 is 15.9. The fourth-order valence-corrected chi connectivity index (χ4v) is 3.81. The van der Waals surface area contributed by atoms with Crippen LogP contribution in [0.4, 0.5) is 0 Å². The Morgan fingerprint density at radius 3 is 2.44 bits per heavy atom. The van der Waals surface area contributed by atoms with Gasteiger partial charge in [-0.15, -0.1) is 0 Å². The van der Waals surface area contributed by atoms with Gasteiger partial charge in [0.05, 0.1) is 26.4 Å². The SMILES string of the molecule is CCNC(=NCC1CCN(CCOC)CC1)N1CCC(COCCOC)C1. The van der Waals surface area contributed by atoms with E-state index in [0.717, 1.165) is 51.9 Å². The number of methoxy groups -OCH3 is 2. The molecule has 7 nitrogen and oxygen atoms in total. The maximum atomic E-state index is 5.71. The molecule has 2 rings (SSSR count). The van der Waals surface area contributed by atoms with Crippen molar-refractivity contribution < 1.29 is 14.2 Å². The number of piperidine rings is 1. The summed E-state index contributed by atoms with van der Waals surface area (Å²) in [5.74, 6) is 2.38. The lowest BCUT2D eigenvalue weighted by Gasteiger charge is -2.31. The molecule has 0 saturated carbocycles. The van der Waals surface area contributed by atoms with Crippen molar-refractivity contribution in [3.63, 3.8) is 0 Å². The molecular weight excluding hydrogens is 344 g/mol. The molecule has 158 valence electrons. The van der Waals surface area contributed by atoms with Gasteiger partial charge < -0.3 is 29.3 Å². The molecule has 0 radical (unpaired) electrons. The van der Waals surface area contributed by atoms with Gasteiger partial charge >= 0.3 is 0 Å². The summed E-state index contributed by atoms with van der Waals surface area (Å²) in [4.78, 5) is 9.89. The molecule has 0 aliphatic carbocycles. The van der Waals surface area contributed by atoms with Crippen LogP contribution in [0.2, 0.25) is 0 Å². The van der Waals surface area contributed by atoms with E-state index in [1.54, 1.807) is 14.2 Å². The third kappa shape index (κ3) is 8.34. The van der Waals surface area contributed by atoms with Crippen molar-refractivity contribution in [2.75, 3.05) is 86.5 Å². The Hall–Kier alpha value is -0.890. The largest absolute Gasteiger partial charge is 0.383 e. The van der Waals surface area contributed by atoms with Gasteiger partial charge in [-0.3, -0.25) is 4.99 Å². The van der Waals surface area contributed by atoms with E-state index < -0.39 is 0 Å². The Morgan fingerprint density at radius 1 is 1.00 bits per heavy atom. The van der Waals surface area contributed by atoms with Crippen LogP contribution in [0.1, 0.15) is 26.2 Å². The van der Waals surface area contributed by atoms with Gasteiger partial charge in [0.2, 0.25) is 0 Å². The van der Waals surface area contributed by atoms with Crippen LogP contribution in [-0.2, 0) is 14.2 Å². The zero-order chi connectivity index (χ0) is 19.3. The molecule has 0 spiro atoms. The van der Waals surface area contributed by atoms with Gasteiger partial charge in [0.15, 0.2) is 5.96 Å². The summed E-state index contributed by atoms with van der Waals surface area (Å²) in [5.41, 5.74) is 0. The number of rotatable bonds is 11. The Balaban J connectivity index is 1.73. The van der Waals surface area contributed by atoms with Crippen molar-refractivity contribution in [2.45, 2.75) is 26.2 Å². The lowest BCUT2D eigenvalue weighted by atomic mass is 9.97. The molecule has 1 atom stereocenters. The van der Waals surface area contributed by atoms with E-state index >= 15 is 0 Å². The number of aliphatic imine (C=N–C) groups is 1. The molecule has 0 amide bonds. The standard InChI is InChI=1S/C20H40N4O3/c1-4-21-20(24-10-7-19(16-24)17-27-14-13-26-3)22-15-18-5-8-23(9-6-18)11-12-25-2/h18-19H,4-17H2,1-3H3,(H,21,22). The number of hydrogen-bond donors (Lipinski definition) is 1. The van der Waals surface area contributed by atoms with E-state index in [1.807, 2.05) is 0 Å². The number of likely N-dealkylation sites (tertiary alicyclic amines) is 2. The van der Waals surface area contributed by atoms with Crippen molar-refractivity contribution >= 4 is 5.96 Å². The molecule has 2 heterocycles. The molecule has 2 aliphatic heterocycles. The third-order valence-electron chi connectivity index (χ3n) is 5.52. The monoisotopic (exact) mass is 384 g/mol. The highest BCUT2D eigenvalue weighted by Gasteiger charge is 2.25. The lowest BCUT2D eigenvalue weighted by Crippen LogP contribution is -2.41. The second-order valence-electron chi connectivity index (χ2n) is 7.64. The predicted octanol–water partition coefficient (Wildman–Crippen LogP) is 1.30. The molecule has 0 aromatic rings. The summed E-state index contributed by atoms with van der Waals surface area (Å²) in [5, 5.41) is 3.49. The van der Waals surface area contributed by atoms with E-state index in [-0.39, 0.29) is 0 Å². The molecule has 27 heavy (non-hydrogen) atoms. The predicted molar refractivity (Wildman–Crippen MR) is 109 cm³/mol. The van der Waals surface area contributed by atoms with E-state index in [0.29, 0.717) is 25.0 Å². The van der Waals surface area contributed by atoms with Crippen molar-refractivity contribution in [1.29, 1.82) is 0 Å². The second kappa shape index (κ2) is 13.3. The Bertz CT molecular complexity index is 414. The van der Waals surface area contributed by atoms with Crippen LogP contribution >= 0.6 is 0 Å². The van der Waals surface area contributed by atoms with Crippen LogP contribution in [0.3, 0.4) is 0 Å². The molecule has 0 aromatic carbocycles. The van der Waals surface area contributed by atoms with Crippen molar-refractivity contribution in [3.05, 3.63) is 0 Å². The van der Waals surface area contributed by atoms with Gasteiger partial charge in [0.25, 0.3) is 0 Å². The van der Waals surface area contributed by atoms with Gasteiger partial charge in [-0.2, -0.15) is 0 Å². The van der Waals surface area contributed by atoms with Crippen LogP contribution in [0.5, 0.6) is 0 Å². The molecule has 2 saturated heterocycles. The van der Waals surface area contributed by atoms with Crippen LogP contribution in [0.25, 0.3) is 0 Å². The molecule has 0 aromatic heterocycles. The zero-order valence-electron chi connectivity index (χ0n) is 17.6. The normalized spacial score (nSPS) is 22.6. The number of nitrogens with zero attached hydrogens (tertiary/aromatic N) is 3. The van der Waals surface area contributed by atoms with Crippen LogP contribution < -0.4 is 5.32 Å². The highest BCUT2D eigenvalue weighted by molar-refractivity contribution is 5.80. The fraction of sp³-hybridized carbons (Fsp3) is 0.950. The lowest BCUT2D eigenvalue weighted by molar-refractivity contribution is 0.0536. The van der Waals surface area contributed by atoms with Gasteiger partial charge in [-0.1, -0.05) is 0 Å². The minimum absolute atomic E-state index is 0.592. The molecule has 2 fully saturated rings. The summed E-state index contributed by atoms with van der Waals surface area (Å²) >= 11 is 0. The van der Waals surface area contributed by atoms with Crippen molar-refractivity contribution in [2.24, 2.45) is 16.8 Å². The highest BCUT2D eigenvalue weighted by atomic mass is 16.5. The molecule has 2 aliphatic rings. The maximum absolute atomic E-state index is 5.71. The van der Waals surface area contributed by atoms with E-state index in [9.17, 15) is 0 Å². The van der Waals surface area contributed by atoms with E-state index in [1.165, 1.54) is 32.4 Å². The van der Waals surface area contributed by atoms with E-state index in [2.05, 4.69) is 22.0 Å². The molecular formula is C20H40N4O3. The molecule has 0 bridgehead atoms. The molecule has 1 unspecified atom stereocenters. The number of hydrogen-bond acceptors (Lipinski definition) is 5. The van der Waals surface area contributed by atoms with Crippen LogP contribution in [-0.4, -0.2) is 102 Å². The highest BCUT2D eigenvalue weighted by Crippen LogP contribution is 2.19. The minimum Gasteiger partial charge on any atom is -0.383 e. The topological polar surface area (TPSA) is 58.6 Å². The first kappa shape index (κ1) is 22.4. The van der Waals surface area contributed by atoms with Crippen LogP contribution in [0, 0.1) is 11.8 Å². The van der Waals surface area contributed by atoms with Crippen molar-refractivity contribution in [3.8, 4) is 0 Å².